The first-order valence-electron chi connectivity index (χ1n) is 5.79. The first kappa shape index (κ1) is 11.6. The minimum absolute atomic E-state index is 0.0542. The zero-order valence-electron chi connectivity index (χ0n) is 9.95. The standard InChI is InChI=1S/C12H11FN4O2/c13-9-5-8(12(18)19)1-2-10(9)16-3-4-17-7-14-15-11(17)6-16/h1-2,5,7H,3-4,6H2,(H,18,19). The number of hydrogen-bond acceptors (Lipinski definition) is 4. The molecule has 1 aromatic heterocycles. The molecule has 0 bridgehead atoms. The lowest BCUT2D eigenvalue weighted by molar-refractivity contribution is 0.0696. The minimum Gasteiger partial charge on any atom is -0.478 e. The van der Waals surface area contributed by atoms with Crippen LogP contribution in [0.5, 0.6) is 0 Å². The van der Waals surface area contributed by atoms with Crippen molar-refractivity contribution in [3.05, 3.63) is 41.7 Å². The van der Waals surface area contributed by atoms with Gasteiger partial charge < -0.3 is 14.6 Å². The number of benzene rings is 1. The molecule has 1 N–H and O–H groups in total. The van der Waals surface area contributed by atoms with E-state index in [1.54, 1.807) is 6.33 Å². The molecule has 0 saturated carbocycles. The molecule has 2 aromatic rings. The van der Waals surface area contributed by atoms with E-state index in [9.17, 15) is 9.18 Å². The molecule has 1 aliphatic rings. The molecule has 98 valence electrons. The minimum atomic E-state index is -1.14. The molecule has 0 radical (unpaired) electrons. The quantitative estimate of drug-likeness (QED) is 0.878. The van der Waals surface area contributed by atoms with Gasteiger partial charge in [-0.2, -0.15) is 0 Å². The van der Waals surface area contributed by atoms with Crippen molar-refractivity contribution in [3.8, 4) is 0 Å². The first-order chi connectivity index (χ1) is 9.15. The lowest BCUT2D eigenvalue weighted by atomic mass is 10.1. The van der Waals surface area contributed by atoms with Gasteiger partial charge in [0, 0.05) is 13.1 Å². The molecule has 19 heavy (non-hydrogen) atoms. The smallest absolute Gasteiger partial charge is 0.335 e. The van der Waals surface area contributed by atoms with Gasteiger partial charge in [0.2, 0.25) is 0 Å². The van der Waals surface area contributed by atoms with Crippen LogP contribution in [-0.4, -0.2) is 32.4 Å². The number of fused-ring (bicyclic) bond motifs is 1. The van der Waals surface area contributed by atoms with Crippen LogP contribution in [0.4, 0.5) is 10.1 Å². The number of aromatic carboxylic acids is 1. The molecule has 0 atom stereocenters. The van der Waals surface area contributed by atoms with E-state index >= 15 is 0 Å². The van der Waals surface area contributed by atoms with Crippen molar-refractivity contribution in [3.63, 3.8) is 0 Å². The lowest BCUT2D eigenvalue weighted by Crippen LogP contribution is -2.34. The summed E-state index contributed by atoms with van der Waals surface area (Å²) >= 11 is 0. The van der Waals surface area contributed by atoms with Gasteiger partial charge in [-0.15, -0.1) is 10.2 Å². The third kappa shape index (κ3) is 2.03. The summed E-state index contributed by atoms with van der Waals surface area (Å²) in [6, 6.07) is 3.93. The summed E-state index contributed by atoms with van der Waals surface area (Å²) in [6.45, 7) is 1.78. The number of carboxylic acids is 1. The Morgan fingerprint density at radius 1 is 1.37 bits per heavy atom. The van der Waals surface area contributed by atoms with Crippen molar-refractivity contribution in [2.24, 2.45) is 0 Å². The summed E-state index contributed by atoms with van der Waals surface area (Å²) in [5.41, 5.74) is 0.334. The Labute approximate surface area is 108 Å². The van der Waals surface area contributed by atoms with Gasteiger partial charge in [-0.25, -0.2) is 9.18 Å². The Kier molecular flexibility index (Phi) is 2.66. The fourth-order valence-electron chi connectivity index (χ4n) is 2.17. The molecule has 0 unspecified atom stereocenters. The highest BCUT2D eigenvalue weighted by Crippen LogP contribution is 2.24. The van der Waals surface area contributed by atoms with E-state index in [0.29, 0.717) is 25.3 Å². The molecule has 1 aromatic carbocycles. The van der Waals surface area contributed by atoms with E-state index in [1.165, 1.54) is 12.1 Å². The van der Waals surface area contributed by atoms with Gasteiger partial charge >= 0.3 is 5.97 Å². The number of anilines is 1. The molecule has 0 spiro atoms. The molecule has 2 heterocycles. The largest absolute Gasteiger partial charge is 0.478 e. The average molecular weight is 262 g/mol. The van der Waals surface area contributed by atoms with Crippen LogP contribution >= 0.6 is 0 Å². The zero-order valence-corrected chi connectivity index (χ0v) is 9.95. The molecule has 0 saturated heterocycles. The Morgan fingerprint density at radius 3 is 2.95 bits per heavy atom. The fraction of sp³-hybridized carbons (Fsp3) is 0.250. The second kappa shape index (κ2) is 4.34. The third-order valence-electron chi connectivity index (χ3n) is 3.17. The maximum atomic E-state index is 13.9. The third-order valence-corrected chi connectivity index (χ3v) is 3.17. The molecular formula is C12H11FN4O2. The number of aromatic nitrogens is 3. The first-order valence-corrected chi connectivity index (χ1v) is 5.79. The highest BCUT2D eigenvalue weighted by molar-refractivity contribution is 5.88. The Bertz CT molecular complexity index is 640. The highest BCUT2D eigenvalue weighted by Gasteiger charge is 2.20. The van der Waals surface area contributed by atoms with Crippen LogP contribution in [0, 0.1) is 5.82 Å². The molecule has 0 amide bonds. The summed E-state index contributed by atoms with van der Waals surface area (Å²) in [7, 11) is 0. The van der Waals surface area contributed by atoms with Crippen molar-refractivity contribution in [1.82, 2.24) is 14.8 Å². The van der Waals surface area contributed by atoms with E-state index in [4.69, 9.17) is 5.11 Å². The molecule has 1 aliphatic heterocycles. The van der Waals surface area contributed by atoms with Gasteiger partial charge in [0.1, 0.15) is 12.1 Å². The van der Waals surface area contributed by atoms with Gasteiger partial charge in [-0.1, -0.05) is 0 Å². The number of carboxylic acid groups (broad SMARTS) is 1. The van der Waals surface area contributed by atoms with Crippen molar-refractivity contribution < 1.29 is 14.3 Å². The normalized spacial score (nSPS) is 14.3. The monoisotopic (exact) mass is 262 g/mol. The predicted octanol–water partition coefficient (Wildman–Crippen LogP) is 1.14. The molecule has 3 rings (SSSR count). The average Bonchev–Trinajstić information content (AvgIpc) is 2.85. The van der Waals surface area contributed by atoms with E-state index in [0.717, 1.165) is 11.9 Å². The second-order valence-electron chi connectivity index (χ2n) is 4.33. The Morgan fingerprint density at radius 2 is 2.21 bits per heavy atom. The zero-order chi connectivity index (χ0) is 13.4. The van der Waals surface area contributed by atoms with Crippen molar-refractivity contribution in [2.75, 3.05) is 11.4 Å². The number of nitrogens with zero attached hydrogens (tertiary/aromatic N) is 4. The van der Waals surface area contributed by atoms with Crippen molar-refractivity contribution >= 4 is 11.7 Å². The molecule has 7 heteroatoms. The number of carbonyl (C=O) groups is 1. The van der Waals surface area contributed by atoms with Crippen LogP contribution in [0.1, 0.15) is 16.2 Å². The molecule has 6 nitrogen and oxygen atoms in total. The van der Waals surface area contributed by atoms with Gasteiger partial charge in [0.05, 0.1) is 17.8 Å². The number of halogens is 1. The van der Waals surface area contributed by atoms with Gasteiger partial charge in [0.25, 0.3) is 0 Å². The van der Waals surface area contributed by atoms with Gasteiger partial charge in [-0.3, -0.25) is 0 Å². The van der Waals surface area contributed by atoms with Crippen LogP contribution in [0.25, 0.3) is 0 Å². The van der Waals surface area contributed by atoms with E-state index in [1.807, 2.05) is 9.47 Å². The predicted molar refractivity (Wildman–Crippen MR) is 64.4 cm³/mol. The van der Waals surface area contributed by atoms with E-state index in [-0.39, 0.29) is 5.56 Å². The van der Waals surface area contributed by atoms with Gasteiger partial charge in [-0.05, 0) is 18.2 Å². The van der Waals surface area contributed by atoms with Crippen molar-refractivity contribution in [1.29, 1.82) is 0 Å². The van der Waals surface area contributed by atoms with Crippen LogP contribution in [-0.2, 0) is 13.1 Å². The summed E-state index contributed by atoms with van der Waals surface area (Å²) in [5.74, 6) is -0.898. The number of hydrogen-bond donors (Lipinski definition) is 1. The summed E-state index contributed by atoms with van der Waals surface area (Å²) in [6.07, 6.45) is 1.65. The number of rotatable bonds is 2. The van der Waals surface area contributed by atoms with Crippen LogP contribution in [0.15, 0.2) is 24.5 Å². The fourth-order valence-corrected chi connectivity index (χ4v) is 2.17. The van der Waals surface area contributed by atoms with E-state index < -0.39 is 11.8 Å². The Hall–Kier alpha value is -2.44. The maximum absolute atomic E-state index is 13.9. The summed E-state index contributed by atoms with van der Waals surface area (Å²) in [5, 5.41) is 16.6. The summed E-state index contributed by atoms with van der Waals surface area (Å²) < 4.78 is 15.9. The molecular weight excluding hydrogens is 251 g/mol. The SMILES string of the molecule is O=C(O)c1ccc(N2CCn3cnnc3C2)c(F)c1. The summed E-state index contributed by atoms with van der Waals surface area (Å²) in [4.78, 5) is 12.6. The molecule has 0 fully saturated rings. The molecule has 0 aliphatic carbocycles. The lowest BCUT2D eigenvalue weighted by Gasteiger charge is -2.29. The topological polar surface area (TPSA) is 71.2 Å². The van der Waals surface area contributed by atoms with Crippen molar-refractivity contribution in [2.45, 2.75) is 13.1 Å². The van der Waals surface area contributed by atoms with Crippen LogP contribution in [0.3, 0.4) is 0 Å². The van der Waals surface area contributed by atoms with Crippen LogP contribution in [0.2, 0.25) is 0 Å². The maximum Gasteiger partial charge on any atom is 0.335 e. The Balaban J connectivity index is 1.90. The van der Waals surface area contributed by atoms with Gasteiger partial charge in [0.15, 0.2) is 5.82 Å². The highest BCUT2D eigenvalue weighted by atomic mass is 19.1. The second-order valence-corrected chi connectivity index (χ2v) is 4.33. The van der Waals surface area contributed by atoms with Crippen LogP contribution < -0.4 is 4.90 Å². The van der Waals surface area contributed by atoms with E-state index in [2.05, 4.69) is 10.2 Å².